The molecule has 1 atom stereocenters. The summed E-state index contributed by atoms with van der Waals surface area (Å²) in [6, 6.07) is 5.85. The third-order valence-electron chi connectivity index (χ3n) is 2.17. The fourth-order valence-electron chi connectivity index (χ4n) is 1.53. The third-order valence-corrected chi connectivity index (χ3v) is 2.84. The summed E-state index contributed by atoms with van der Waals surface area (Å²) in [5.41, 5.74) is 9.43. The molecule has 72 valence electrons. The number of hydrogen-bond donors (Lipinski definition) is 0. The van der Waals surface area contributed by atoms with Gasteiger partial charge in [-0.05, 0) is 52.7 Å². The van der Waals surface area contributed by atoms with Crippen molar-refractivity contribution in [1.29, 1.82) is 0 Å². The lowest BCUT2D eigenvalue weighted by Crippen LogP contribution is -2.12. The average molecular weight is 301 g/mol. The minimum Gasteiger partial charge on any atom is -0.493 e. The summed E-state index contributed by atoms with van der Waals surface area (Å²) in [6.07, 6.45) is 0.761. The van der Waals surface area contributed by atoms with Crippen LogP contribution in [0.5, 0.6) is 5.75 Å². The number of halogens is 1. The van der Waals surface area contributed by atoms with Crippen LogP contribution in [0.2, 0.25) is 0 Å². The molecule has 4 nitrogen and oxygen atoms in total. The van der Waals surface area contributed by atoms with E-state index in [0.29, 0.717) is 6.61 Å². The lowest BCUT2D eigenvalue weighted by atomic mass is 10.0. The van der Waals surface area contributed by atoms with E-state index in [2.05, 4.69) is 32.6 Å². The molecule has 1 aliphatic rings. The topological polar surface area (TPSA) is 58.0 Å². The van der Waals surface area contributed by atoms with Crippen LogP contribution in [0.25, 0.3) is 10.4 Å². The number of nitrogens with zero attached hydrogens (tertiary/aromatic N) is 3. The lowest BCUT2D eigenvalue weighted by molar-refractivity contribution is 0.269. The first-order valence-electron chi connectivity index (χ1n) is 4.27. The van der Waals surface area contributed by atoms with E-state index in [0.717, 1.165) is 21.3 Å². The Morgan fingerprint density at radius 3 is 3.21 bits per heavy atom. The highest BCUT2D eigenvalue weighted by Crippen LogP contribution is 2.35. The Labute approximate surface area is 95.0 Å². The van der Waals surface area contributed by atoms with Gasteiger partial charge in [-0.15, -0.1) is 0 Å². The van der Waals surface area contributed by atoms with Gasteiger partial charge < -0.3 is 4.74 Å². The maximum Gasteiger partial charge on any atom is 0.122 e. The van der Waals surface area contributed by atoms with Crippen LogP contribution in [0.1, 0.15) is 18.0 Å². The van der Waals surface area contributed by atoms with E-state index >= 15 is 0 Å². The van der Waals surface area contributed by atoms with Gasteiger partial charge in [0.2, 0.25) is 0 Å². The van der Waals surface area contributed by atoms with Crippen LogP contribution in [0.15, 0.2) is 23.3 Å². The summed E-state index contributed by atoms with van der Waals surface area (Å²) < 4.78 is 6.60. The molecule has 0 radical (unpaired) electrons. The van der Waals surface area contributed by atoms with Crippen LogP contribution in [0.4, 0.5) is 0 Å². The summed E-state index contributed by atoms with van der Waals surface area (Å²) in [5, 5.41) is 3.76. The van der Waals surface area contributed by atoms with Crippen LogP contribution in [0, 0.1) is 3.57 Å². The van der Waals surface area contributed by atoms with Crippen LogP contribution < -0.4 is 4.74 Å². The molecule has 1 aromatic carbocycles. The molecule has 0 amide bonds. The molecule has 5 heteroatoms. The lowest BCUT2D eigenvalue weighted by Gasteiger charge is -2.22. The highest BCUT2D eigenvalue weighted by molar-refractivity contribution is 14.1. The van der Waals surface area contributed by atoms with Crippen molar-refractivity contribution in [2.24, 2.45) is 5.11 Å². The van der Waals surface area contributed by atoms with Crippen molar-refractivity contribution >= 4 is 22.6 Å². The van der Waals surface area contributed by atoms with E-state index in [1.807, 2.05) is 18.2 Å². The van der Waals surface area contributed by atoms with Crippen molar-refractivity contribution in [2.45, 2.75) is 12.5 Å². The molecule has 1 aliphatic heterocycles. The van der Waals surface area contributed by atoms with E-state index in [1.54, 1.807) is 0 Å². The minimum atomic E-state index is -0.0709. The van der Waals surface area contributed by atoms with Gasteiger partial charge in [0.25, 0.3) is 0 Å². The first-order chi connectivity index (χ1) is 6.81. The van der Waals surface area contributed by atoms with E-state index in [1.165, 1.54) is 0 Å². The highest BCUT2D eigenvalue weighted by atomic mass is 127. The van der Waals surface area contributed by atoms with Gasteiger partial charge in [-0.1, -0.05) is 5.11 Å². The Balaban J connectivity index is 2.46. The fourth-order valence-corrected chi connectivity index (χ4v) is 2.04. The second-order valence-corrected chi connectivity index (χ2v) is 4.29. The first kappa shape index (κ1) is 9.61. The number of azide groups is 1. The largest absolute Gasteiger partial charge is 0.493 e. The van der Waals surface area contributed by atoms with Gasteiger partial charge in [0.05, 0.1) is 12.6 Å². The molecule has 0 aliphatic carbocycles. The molecule has 0 aromatic heterocycles. The van der Waals surface area contributed by atoms with Crippen molar-refractivity contribution < 1.29 is 4.74 Å². The predicted octanol–water partition coefficient (Wildman–Crippen LogP) is 3.43. The second-order valence-electron chi connectivity index (χ2n) is 3.04. The summed E-state index contributed by atoms with van der Waals surface area (Å²) in [5.74, 6) is 0.842. The molecule has 0 spiro atoms. The average Bonchev–Trinajstić information content (AvgIpc) is 2.19. The summed E-state index contributed by atoms with van der Waals surface area (Å²) in [4.78, 5) is 2.85. The Morgan fingerprint density at radius 2 is 2.43 bits per heavy atom. The van der Waals surface area contributed by atoms with Gasteiger partial charge in [0.1, 0.15) is 5.75 Å². The number of benzene rings is 1. The number of rotatable bonds is 1. The molecule has 1 unspecified atom stereocenters. The van der Waals surface area contributed by atoms with Gasteiger partial charge >= 0.3 is 0 Å². The Kier molecular flexibility index (Phi) is 2.79. The molecule has 2 rings (SSSR count). The Morgan fingerprint density at radius 1 is 1.57 bits per heavy atom. The van der Waals surface area contributed by atoms with Crippen LogP contribution >= 0.6 is 22.6 Å². The van der Waals surface area contributed by atoms with Crippen molar-refractivity contribution in [3.8, 4) is 5.75 Å². The summed E-state index contributed by atoms with van der Waals surface area (Å²) >= 11 is 2.23. The molecule has 0 fully saturated rings. The Bertz CT molecular complexity index is 401. The van der Waals surface area contributed by atoms with Gasteiger partial charge in [0.15, 0.2) is 0 Å². The zero-order valence-electron chi connectivity index (χ0n) is 7.35. The third kappa shape index (κ3) is 1.78. The molecular formula is C9H8IN3O. The standard InChI is InChI=1S/C9H8IN3O/c10-6-1-2-9-7(5-6)8(12-13-11)3-4-14-9/h1-2,5,8H,3-4H2. The van der Waals surface area contributed by atoms with Crippen LogP contribution in [0.3, 0.4) is 0 Å². The number of ether oxygens (including phenoxy) is 1. The van der Waals surface area contributed by atoms with Crippen LogP contribution in [-0.4, -0.2) is 6.61 Å². The highest BCUT2D eigenvalue weighted by Gasteiger charge is 2.20. The molecule has 0 N–H and O–H groups in total. The quantitative estimate of drug-likeness (QED) is 0.339. The fraction of sp³-hybridized carbons (Fsp3) is 0.333. The van der Waals surface area contributed by atoms with Crippen LogP contribution in [-0.2, 0) is 0 Å². The van der Waals surface area contributed by atoms with Gasteiger partial charge in [0, 0.05) is 14.0 Å². The molecular weight excluding hydrogens is 293 g/mol. The van der Waals surface area contributed by atoms with Gasteiger partial charge in [-0.2, -0.15) is 0 Å². The SMILES string of the molecule is [N-]=[N+]=NC1CCOc2ccc(I)cc21. The molecule has 1 heterocycles. The molecule has 0 saturated heterocycles. The van der Waals surface area contributed by atoms with E-state index in [9.17, 15) is 0 Å². The second kappa shape index (κ2) is 4.06. The first-order valence-corrected chi connectivity index (χ1v) is 5.35. The summed E-state index contributed by atoms with van der Waals surface area (Å²) in [7, 11) is 0. The molecule has 1 aromatic rings. The monoisotopic (exact) mass is 301 g/mol. The predicted molar refractivity (Wildman–Crippen MR) is 61.2 cm³/mol. The maximum atomic E-state index is 8.43. The normalized spacial score (nSPS) is 19.1. The van der Waals surface area contributed by atoms with E-state index in [4.69, 9.17) is 10.3 Å². The van der Waals surface area contributed by atoms with E-state index in [-0.39, 0.29) is 6.04 Å². The van der Waals surface area contributed by atoms with E-state index < -0.39 is 0 Å². The molecule has 0 saturated carbocycles. The smallest absolute Gasteiger partial charge is 0.122 e. The zero-order chi connectivity index (χ0) is 9.97. The number of fused-ring (bicyclic) bond motifs is 1. The zero-order valence-corrected chi connectivity index (χ0v) is 9.51. The van der Waals surface area contributed by atoms with Crippen molar-refractivity contribution in [3.63, 3.8) is 0 Å². The minimum absolute atomic E-state index is 0.0709. The molecule has 0 bridgehead atoms. The van der Waals surface area contributed by atoms with Gasteiger partial charge in [-0.3, -0.25) is 0 Å². The maximum absolute atomic E-state index is 8.43. The van der Waals surface area contributed by atoms with Crippen molar-refractivity contribution in [3.05, 3.63) is 37.8 Å². The van der Waals surface area contributed by atoms with Crippen molar-refractivity contribution in [2.75, 3.05) is 6.61 Å². The Hall–Kier alpha value is -0.940. The molecule has 14 heavy (non-hydrogen) atoms. The van der Waals surface area contributed by atoms with Crippen molar-refractivity contribution in [1.82, 2.24) is 0 Å². The van der Waals surface area contributed by atoms with Gasteiger partial charge in [-0.25, -0.2) is 0 Å². The summed E-state index contributed by atoms with van der Waals surface area (Å²) in [6.45, 7) is 0.622. The number of hydrogen-bond acceptors (Lipinski definition) is 2.